The Morgan fingerprint density at radius 3 is 1.68 bits per heavy atom. The lowest BCUT2D eigenvalue weighted by molar-refractivity contribution is -0.538. The summed E-state index contributed by atoms with van der Waals surface area (Å²) in [5, 5.41) is 9.81. The molecule has 12 heteroatoms. The number of allylic oxidation sites excluding steroid dienone is 4. The fourth-order valence-electron chi connectivity index (χ4n) is 11.5. The maximum absolute atomic E-state index is 13.1. The molecule has 0 radical (unpaired) electrons. The summed E-state index contributed by atoms with van der Waals surface area (Å²) in [5.74, 6) is -0.138. The van der Waals surface area contributed by atoms with E-state index in [9.17, 15) is 9.59 Å². The van der Waals surface area contributed by atoms with Crippen molar-refractivity contribution in [3.05, 3.63) is 209 Å². The largest absolute Gasteiger partial charge is 0.377 e. The third kappa shape index (κ3) is 14.7. The molecule has 1 aliphatic rings. The fourth-order valence-corrected chi connectivity index (χ4v) is 11.5. The Bertz CT molecular complexity index is 3770. The van der Waals surface area contributed by atoms with Gasteiger partial charge in [0.25, 0.3) is 11.8 Å². The highest BCUT2D eigenvalue weighted by atomic mass is 16.2. The standard InChI is InChI=1S/C73H84N10O2/c1-50-46-63(64(48-68(50)79(6)7)76-59-26-18-16-19-27-59)77-61-38-40-66(53(4)52(61)3)81(10)44-24-14-12-22-42-74-72(84)57-34-30-55(31-35-57)56-32-36-58(37-33-56)73(85)75-43-23-13-15-25-45-82(11)67-41-39-62-71(54(67)5)83(60-28-20-17-21-29-60)70-49-69(80(8)9)51(2)47-65(70)78-62/h16-21,26-41,46-49,76H,3,12-15,22-25,42-45H2,1-2,4-11H3,(H-,74,75,84,85)/p+1. The number of unbranched alkanes of at least 4 members (excludes halogenated alkanes) is 6. The van der Waals surface area contributed by atoms with Crippen molar-refractivity contribution in [2.24, 2.45) is 4.99 Å². The Labute approximate surface area is 504 Å². The number of nitrogens with zero attached hydrogens (tertiary/aromatic N) is 7. The molecule has 0 atom stereocenters. The van der Waals surface area contributed by atoms with Gasteiger partial charge in [0.05, 0.1) is 17.1 Å². The van der Waals surface area contributed by atoms with Crippen LogP contribution >= 0.6 is 0 Å². The topological polar surface area (TPSA) is 112 Å². The summed E-state index contributed by atoms with van der Waals surface area (Å²) in [6.07, 6.45) is 12.4. The van der Waals surface area contributed by atoms with Gasteiger partial charge in [-0.2, -0.15) is 0 Å². The normalized spacial score (nSPS) is 12.7. The monoisotopic (exact) mass is 1130 g/mol. The van der Waals surface area contributed by atoms with Crippen molar-refractivity contribution >= 4 is 73.7 Å². The molecule has 12 nitrogen and oxygen atoms in total. The summed E-state index contributed by atoms with van der Waals surface area (Å²) in [6.45, 7) is 16.2. The molecule has 0 saturated carbocycles. The minimum absolute atomic E-state index is 0.0674. The third-order valence-electron chi connectivity index (χ3n) is 16.4. The van der Waals surface area contributed by atoms with E-state index in [1.165, 1.54) is 22.5 Å². The van der Waals surface area contributed by atoms with Gasteiger partial charge in [-0.3, -0.25) is 9.59 Å². The van der Waals surface area contributed by atoms with Gasteiger partial charge in [-0.15, -0.1) is 4.57 Å². The van der Waals surface area contributed by atoms with Crippen molar-refractivity contribution in [3.63, 3.8) is 0 Å². The third-order valence-corrected chi connectivity index (χ3v) is 16.4. The Morgan fingerprint density at radius 1 is 0.553 bits per heavy atom. The van der Waals surface area contributed by atoms with Gasteiger partial charge in [-0.1, -0.05) is 92.9 Å². The zero-order chi connectivity index (χ0) is 60.1. The average molecular weight is 1130 g/mol. The van der Waals surface area contributed by atoms with Crippen molar-refractivity contribution in [2.45, 2.75) is 79.1 Å². The molecule has 438 valence electrons. The number of amides is 2. The molecule has 0 aliphatic heterocycles. The lowest BCUT2D eigenvalue weighted by atomic mass is 9.95. The van der Waals surface area contributed by atoms with Crippen LogP contribution in [-0.2, 0) is 0 Å². The van der Waals surface area contributed by atoms with Gasteiger partial charge < -0.3 is 35.6 Å². The molecule has 0 bridgehead atoms. The molecule has 1 aromatic heterocycles. The molecule has 0 unspecified atom stereocenters. The molecule has 0 saturated heterocycles. The minimum Gasteiger partial charge on any atom is -0.377 e. The Balaban J connectivity index is 0.667. The van der Waals surface area contributed by atoms with Gasteiger partial charge in [0.1, 0.15) is 11.0 Å². The van der Waals surface area contributed by atoms with E-state index in [-0.39, 0.29) is 11.8 Å². The first-order valence-electron chi connectivity index (χ1n) is 30.1. The van der Waals surface area contributed by atoms with Crippen LogP contribution in [0.4, 0.5) is 34.1 Å². The van der Waals surface area contributed by atoms with Gasteiger partial charge in [-0.25, -0.2) is 9.98 Å². The molecule has 0 spiro atoms. The number of carbonyl (C=O) groups excluding carboxylic acids is 2. The van der Waals surface area contributed by atoms with Crippen LogP contribution in [-0.4, -0.2) is 95.9 Å². The van der Waals surface area contributed by atoms with Crippen LogP contribution in [0, 0.1) is 20.8 Å². The molecule has 3 N–H and O–H groups in total. The molecule has 1 heterocycles. The van der Waals surface area contributed by atoms with E-state index >= 15 is 0 Å². The van der Waals surface area contributed by atoms with E-state index in [2.05, 4.69) is 208 Å². The summed E-state index contributed by atoms with van der Waals surface area (Å²) in [6, 6.07) is 49.3. The molecular weight excluding hydrogens is 1050 g/mol. The van der Waals surface area contributed by atoms with Crippen LogP contribution in [0.1, 0.15) is 95.7 Å². The van der Waals surface area contributed by atoms with E-state index in [4.69, 9.17) is 9.98 Å². The zero-order valence-electron chi connectivity index (χ0n) is 51.7. The van der Waals surface area contributed by atoms with E-state index in [1.54, 1.807) is 0 Å². The number of likely N-dealkylation sites (N-methyl/N-ethyl adjacent to an activating group) is 1. The van der Waals surface area contributed by atoms with Crippen molar-refractivity contribution in [3.8, 4) is 16.8 Å². The second kappa shape index (κ2) is 28.0. The van der Waals surface area contributed by atoms with Crippen molar-refractivity contribution in [1.82, 2.24) is 20.5 Å². The van der Waals surface area contributed by atoms with Gasteiger partial charge >= 0.3 is 0 Å². The predicted octanol–water partition coefficient (Wildman–Crippen LogP) is 15.0. The number of benzene rings is 7. The highest BCUT2D eigenvalue weighted by Crippen LogP contribution is 2.37. The van der Waals surface area contributed by atoms with Crippen LogP contribution in [0.2, 0.25) is 0 Å². The number of hydrogen-bond donors (Lipinski definition) is 3. The Hall–Kier alpha value is -9.03. The van der Waals surface area contributed by atoms with Crippen LogP contribution in [0.25, 0.3) is 38.9 Å². The Kier molecular flexibility index (Phi) is 20.0. The van der Waals surface area contributed by atoms with E-state index in [0.29, 0.717) is 24.2 Å². The van der Waals surface area contributed by atoms with Crippen molar-refractivity contribution in [2.75, 3.05) is 88.5 Å². The second-order valence-corrected chi connectivity index (χ2v) is 23.1. The van der Waals surface area contributed by atoms with Crippen LogP contribution in [0.15, 0.2) is 186 Å². The second-order valence-electron chi connectivity index (χ2n) is 23.1. The van der Waals surface area contributed by atoms with Crippen LogP contribution in [0.5, 0.6) is 0 Å². The first-order chi connectivity index (χ1) is 41.1. The quantitative estimate of drug-likeness (QED) is 0.0295. The SMILES string of the molecule is C=C1C(=Nc2cc(C)c(N(C)C)cc2Nc2ccccc2)C=CC(N(C)CCCCCCNC(=O)c2ccc(-c3ccc(C(=O)NCCCCCCN(C)c4ccc5nc6cc(C)c(N(C)C)cc6[n+](-c6ccccc6)c5c4C)cc3)cc2)=C1C. The molecule has 8 aromatic rings. The lowest BCUT2D eigenvalue weighted by Crippen LogP contribution is -2.34. The number of para-hydroxylation sites is 2. The summed E-state index contributed by atoms with van der Waals surface area (Å²) in [4.78, 5) is 45.5. The Morgan fingerprint density at radius 2 is 1.09 bits per heavy atom. The number of anilines is 5. The van der Waals surface area contributed by atoms with Gasteiger partial charge in [0.2, 0.25) is 16.7 Å². The van der Waals surface area contributed by atoms with Gasteiger partial charge in [0.15, 0.2) is 0 Å². The summed E-state index contributed by atoms with van der Waals surface area (Å²) in [7, 11) is 12.6. The molecule has 2 amide bonds. The summed E-state index contributed by atoms with van der Waals surface area (Å²) >= 11 is 0. The van der Waals surface area contributed by atoms with E-state index in [0.717, 1.165) is 154 Å². The van der Waals surface area contributed by atoms with E-state index in [1.807, 2.05) is 66.7 Å². The number of aliphatic imine (C=N–C) groups is 1. The highest BCUT2D eigenvalue weighted by Gasteiger charge is 2.26. The lowest BCUT2D eigenvalue weighted by Gasteiger charge is -2.26. The molecule has 9 rings (SSSR count). The number of aryl methyl sites for hydroxylation is 3. The molecule has 0 fully saturated rings. The van der Waals surface area contributed by atoms with Crippen LogP contribution < -0.4 is 35.2 Å². The molecular formula is C73H85N10O2+. The molecule has 1 aliphatic carbocycles. The number of hydrogen-bond acceptors (Lipinski definition) is 9. The number of nitrogens with one attached hydrogen (secondary N) is 3. The fraction of sp³-hybridized carbons (Fsp3) is 0.301. The zero-order valence-corrected chi connectivity index (χ0v) is 51.7. The maximum Gasteiger partial charge on any atom is 0.251 e. The van der Waals surface area contributed by atoms with Gasteiger partial charge in [0, 0.05) is 132 Å². The molecule has 7 aromatic carbocycles. The van der Waals surface area contributed by atoms with Crippen molar-refractivity contribution < 1.29 is 14.2 Å². The van der Waals surface area contributed by atoms with E-state index < -0.39 is 0 Å². The smallest absolute Gasteiger partial charge is 0.251 e. The minimum atomic E-state index is -0.0705. The molecule has 85 heavy (non-hydrogen) atoms. The maximum atomic E-state index is 13.1. The predicted molar refractivity (Wildman–Crippen MR) is 357 cm³/mol. The highest BCUT2D eigenvalue weighted by molar-refractivity contribution is 6.14. The average Bonchev–Trinajstić information content (AvgIpc) is 1.59. The number of rotatable bonds is 25. The summed E-state index contributed by atoms with van der Waals surface area (Å²) < 4.78 is 2.37. The van der Waals surface area contributed by atoms with Crippen molar-refractivity contribution in [1.29, 1.82) is 0 Å². The van der Waals surface area contributed by atoms with Crippen LogP contribution in [0.3, 0.4) is 0 Å². The summed E-state index contributed by atoms with van der Waals surface area (Å²) in [5.41, 5.74) is 22.5. The van der Waals surface area contributed by atoms with Gasteiger partial charge in [-0.05, 0) is 166 Å². The first kappa shape index (κ1) is 60.6. The number of carbonyl (C=O) groups is 2. The number of aromatic nitrogens is 2. The number of fused-ring (bicyclic) bond motifs is 2. The first-order valence-corrected chi connectivity index (χ1v) is 30.1.